The molecule has 2 aromatic rings. The average Bonchev–Trinajstić information content (AvgIpc) is 2.85. The number of rotatable bonds is 3. The summed E-state index contributed by atoms with van der Waals surface area (Å²) < 4.78 is 0.910. The first-order valence-corrected chi connectivity index (χ1v) is 7.10. The zero-order valence-corrected chi connectivity index (χ0v) is 12.5. The monoisotopic (exact) mass is 338 g/mol. The number of amides is 2. The van der Waals surface area contributed by atoms with Gasteiger partial charge < -0.3 is 10.6 Å². The van der Waals surface area contributed by atoms with Gasteiger partial charge in [-0.1, -0.05) is 0 Å². The van der Waals surface area contributed by atoms with Crippen LogP contribution in [-0.4, -0.2) is 18.9 Å². The predicted molar refractivity (Wildman–Crippen MR) is 79.8 cm³/mol. The molecule has 2 N–H and O–H groups in total. The van der Waals surface area contributed by atoms with Gasteiger partial charge in [-0.3, -0.25) is 9.59 Å². The number of nitrogens with one attached hydrogen (secondary N) is 2. The van der Waals surface area contributed by atoms with E-state index in [-0.39, 0.29) is 11.8 Å². The van der Waals surface area contributed by atoms with Crippen LogP contribution in [0.1, 0.15) is 20.0 Å². The average molecular weight is 339 g/mol. The third-order valence-corrected chi connectivity index (χ3v) is 4.05. The van der Waals surface area contributed by atoms with Crippen LogP contribution in [0.5, 0.6) is 0 Å². The molecule has 1 heterocycles. The predicted octanol–water partition coefficient (Wildman–Crippen LogP) is 3.12. The number of hydrogen-bond donors (Lipinski definition) is 2. The summed E-state index contributed by atoms with van der Waals surface area (Å²) >= 11 is 4.68. The van der Waals surface area contributed by atoms with Crippen LogP contribution in [0.4, 0.5) is 5.69 Å². The van der Waals surface area contributed by atoms with Gasteiger partial charge in [0.05, 0.1) is 8.66 Å². The van der Waals surface area contributed by atoms with E-state index in [0.29, 0.717) is 16.1 Å². The van der Waals surface area contributed by atoms with Crippen molar-refractivity contribution in [1.29, 1.82) is 0 Å². The Morgan fingerprint density at radius 1 is 1.05 bits per heavy atom. The summed E-state index contributed by atoms with van der Waals surface area (Å²) in [4.78, 5) is 23.9. The van der Waals surface area contributed by atoms with Crippen molar-refractivity contribution < 1.29 is 9.59 Å². The van der Waals surface area contributed by atoms with Crippen molar-refractivity contribution >= 4 is 44.8 Å². The standard InChI is InChI=1S/C13H11BrN2O2S/c1-15-12(17)8-2-4-9(5-3-8)16-13(18)10-6-7-11(14)19-10/h2-7H,1H3,(H,15,17)(H,16,18). The second-order valence-electron chi connectivity index (χ2n) is 3.71. The number of carbonyl (C=O) groups is 2. The molecule has 0 bridgehead atoms. The van der Waals surface area contributed by atoms with Crippen LogP contribution < -0.4 is 10.6 Å². The highest BCUT2D eigenvalue weighted by Gasteiger charge is 2.09. The Kier molecular flexibility index (Phi) is 4.34. The fourth-order valence-corrected chi connectivity index (χ4v) is 2.76. The minimum Gasteiger partial charge on any atom is -0.355 e. The fourth-order valence-electron chi connectivity index (χ4n) is 1.48. The van der Waals surface area contributed by atoms with Gasteiger partial charge in [0.25, 0.3) is 11.8 Å². The largest absolute Gasteiger partial charge is 0.355 e. The molecule has 0 aliphatic carbocycles. The first kappa shape index (κ1) is 13.8. The zero-order chi connectivity index (χ0) is 13.8. The molecule has 0 radical (unpaired) electrons. The lowest BCUT2D eigenvalue weighted by Gasteiger charge is -2.04. The lowest BCUT2D eigenvalue weighted by molar-refractivity contribution is 0.0962. The Morgan fingerprint density at radius 2 is 1.74 bits per heavy atom. The highest BCUT2D eigenvalue weighted by Crippen LogP contribution is 2.23. The maximum Gasteiger partial charge on any atom is 0.265 e. The molecule has 0 unspecified atom stereocenters. The zero-order valence-electron chi connectivity index (χ0n) is 10.1. The third kappa shape index (κ3) is 3.42. The van der Waals surface area contributed by atoms with E-state index in [4.69, 9.17) is 0 Å². The maximum atomic E-state index is 11.9. The number of carbonyl (C=O) groups excluding carboxylic acids is 2. The Morgan fingerprint density at radius 3 is 2.26 bits per heavy atom. The Labute approximate surface area is 123 Å². The van der Waals surface area contributed by atoms with E-state index in [1.807, 2.05) is 6.07 Å². The fraction of sp³-hybridized carbons (Fsp3) is 0.0769. The van der Waals surface area contributed by atoms with Crippen LogP contribution in [0.3, 0.4) is 0 Å². The summed E-state index contributed by atoms with van der Waals surface area (Å²) in [5, 5.41) is 5.31. The van der Waals surface area contributed by atoms with Crippen LogP contribution in [0, 0.1) is 0 Å². The van der Waals surface area contributed by atoms with Crippen LogP contribution in [0.15, 0.2) is 40.2 Å². The molecule has 0 saturated carbocycles. The first-order valence-electron chi connectivity index (χ1n) is 5.49. The second-order valence-corrected chi connectivity index (χ2v) is 6.18. The molecule has 19 heavy (non-hydrogen) atoms. The van der Waals surface area contributed by atoms with Gasteiger partial charge in [-0.2, -0.15) is 0 Å². The molecule has 0 saturated heterocycles. The number of thiophene rings is 1. The summed E-state index contributed by atoms with van der Waals surface area (Å²) in [6, 6.07) is 10.3. The highest BCUT2D eigenvalue weighted by molar-refractivity contribution is 9.11. The number of halogens is 1. The van der Waals surface area contributed by atoms with Gasteiger partial charge in [0.15, 0.2) is 0 Å². The molecule has 0 fully saturated rings. The molecule has 0 aliphatic rings. The van der Waals surface area contributed by atoms with Gasteiger partial charge in [-0.15, -0.1) is 11.3 Å². The van der Waals surface area contributed by atoms with E-state index in [9.17, 15) is 9.59 Å². The number of hydrogen-bond acceptors (Lipinski definition) is 3. The molecule has 2 rings (SSSR count). The Hall–Kier alpha value is -1.66. The molecule has 6 heteroatoms. The van der Waals surface area contributed by atoms with Crippen molar-refractivity contribution in [2.24, 2.45) is 0 Å². The third-order valence-electron chi connectivity index (χ3n) is 2.43. The summed E-state index contributed by atoms with van der Waals surface area (Å²) in [6.45, 7) is 0. The van der Waals surface area contributed by atoms with Crippen molar-refractivity contribution in [2.75, 3.05) is 12.4 Å². The summed E-state index contributed by atoms with van der Waals surface area (Å²) in [6.07, 6.45) is 0. The van der Waals surface area contributed by atoms with Crippen molar-refractivity contribution in [1.82, 2.24) is 5.32 Å². The lowest BCUT2D eigenvalue weighted by atomic mass is 10.2. The molecule has 1 aromatic heterocycles. The van der Waals surface area contributed by atoms with Crippen LogP contribution in [-0.2, 0) is 0 Å². The Balaban J connectivity index is 2.07. The SMILES string of the molecule is CNC(=O)c1ccc(NC(=O)c2ccc(Br)s2)cc1. The highest BCUT2D eigenvalue weighted by atomic mass is 79.9. The molecule has 98 valence electrons. The van der Waals surface area contributed by atoms with Crippen LogP contribution in [0.2, 0.25) is 0 Å². The summed E-state index contributed by atoms with van der Waals surface area (Å²) in [5.41, 5.74) is 1.21. The first-order chi connectivity index (χ1) is 9.10. The topological polar surface area (TPSA) is 58.2 Å². The quantitative estimate of drug-likeness (QED) is 0.903. The molecule has 2 amide bonds. The molecular formula is C13H11BrN2O2S. The smallest absolute Gasteiger partial charge is 0.265 e. The summed E-state index contributed by atoms with van der Waals surface area (Å²) in [5.74, 6) is -0.316. The molecule has 0 aliphatic heterocycles. The Bertz CT molecular complexity index is 607. The van der Waals surface area contributed by atoms with Gasteiger partial charge in [0.2, 0.25) is 0 Å². The minimum absolute atomic E-state index is 0.153. The van der Waals surface area contributed by atoms with Crippen LogP contribution >= 0.6 is 27.3 Å². The van der Waals surface area contributed by atoms with Crippen LogP contribution in [0.25, 0.3) is 0 Å². The van der Waals surface area contributed by atoms with Crippen molar-refractivity contribution in [3.8, 4) is 0 Å². The van der Waals surface area contributed by atoms with E-state index in [0.717, 1.165) is 3.79 Å². The van der Waals surface area contributed by atoms with Crippen molar-refractivity contribution in [3.63, 3.8) is 0 Å². The second kappa shape index (κ2) is 5.99. The van der Waals surface area contributed by atoms with Gasteiger partial charge in [-0.25, -0.2) is 0 Å². The molecule has 1 aromatic carbocycles. The van der Waals surface area contributed by atoms with E-state index in [2.05, 4.69) is 26.6 Å². The molecule has 0 atom stereocenters. The van der Waals surface area contributed by atoms with Gasteiger partial charge >= 0.3 is 0 Å². The normalized spacial score (nSPS) is 10.0. The van der Waals surface area contributed by atoms with E-state index >= 15 is 0 Å². The minimum atomic E-state index is -0.164. The van der Waals surface area contributed by atoms with Gasteiger partial charge in [0, 0.05) is 18.3 Å². The molecule has 4 nitrogen and oxygen atoms in total. The lowest BCUT2D eigenvalue weighted by Crippen LogP contribution is -2.17. The maximum absolute atomic E-state index is 11.9. The summed E-state index contributed by atoms with van der Waals surface area (Å²) in [7, 11) is 1.58. The van der Waals surface area contributed by atoms with Gasteiger partial charge in [-0.05, 0) is 52.3 Å². The molecular weight excluding hydrogens is 328 g/mol. The van der Waals surface area contributed by atoms with Crippen molar-refractivity contribution in [3.05, 3.63) is 50.6 Å². The number of anilines is 1. The van der Waals surface area contributed by atoms with Crippen molar-refractivity contribution in [2.45, 2.75) is 0 Å². The van der Waals surface area contributed by atoms with E-state index < -0.39 is 0 Å². The molecule has 0 spiro atoms. The number of benzene rings is 1. The van der Waals surface area contributed by atoms with E-state index in [1.54, 1.807) is 37.4 Å². The van der Waals surface area contributed by atoms with E-state index in [1.165, 1.54) is 11.3 Å². The van der Waals surface area contributed by atoms with Gasteiger partial charge in [0.1, 0.15) is 0 Å².